The van der Waals surface area contributed by atoms with E-state index in [4.69, 9.17) is 0 Å². The monoisotopic (exact) mass is 271 g/mol. The molecule has 0 spiro atoms. The Labute approximate surface area is 112 Å². The number of nitrogens with zero attached hydrogens (tertiary/aromatic N) is 1. The lowest BCUT2D eigenvalue weighted by Crippen LogP contribution is -2.54. The number of carbonyl (C=O) groups is 2. The minimum absolute atomic E-state index is 0.0928. The number of amides is 1. The summed E-state index contributed by atoms with van der Waals surface area (Å²) in [6.07, 6.45) is 4.89. The fourth-order valence-electron chi connectivity index (χ4n) is 3.13. The third-order valence-electron chi connectivity index (χ3n) is 4.37. The molecule has 0 radical (unpaired) electrons. The number of carboxylic acid groups (broad SMARTS) is 1. The van der Waals surface area contributed by atoms with Gasteiger partial charge in [-0.3, -0.25) is 4.79 Å². The van der Waals surface area contributed by atoms with Crippen LogP contribution in [-0.4, -0.2) is 46.0 Å². The van der Waals surface area contributed by atoms with Crippen LogP contribution in [0.25, 0.3) is 0 Å². The van der Waals surface area contributed by atoms with E-state index in [2.05, 4.69) is 6.92 Å². The van der Waals surface area contributed by atoms with Crippen LogP contribution in [0.5, 0.6) is 0 Å². The second kappa shape index (κ2) is 5.51. The molecule has 0 aromatic rings. The predicted molar refractivity (Wildman–Crippen MR) is 71.7 cm³/mol. The number of carboxylic acids is 1. The molecule has 1 saturated heterocycles. The van der Waals surface area contributed by atoms with Gasteiger partial charge in [0.05, 0.1) is 0 Å². The minimum atomic E-state index is -0.861. The van der Waals surface area contributed by atoms with E-state index >= 15 is 0 Å². The van der Waals surface area contributed by atoms with Crippen molar-refractivity contribution in [1.82, 2.24) is 4.90 Å². The Morgan fingerprint density at radius 1 is 1.39 bits per heavy atom. The molecule has 4 nitrogen and oxygen atoms in total. The largest absolute Gasteiger partial charge is 0.480 e. The molecule has 2 rings (SSSR count). The van der Waals surface area contributed by atoms with E-state index in [1.807, 2.05) is 0 Å². The van der Waals surface area contributed by atoms with Crippen LogP contribution in [0.1, 0.15) is 39.0 Å². The summed E-state index contributed by atoms with van der Waals surface area (Å²) in [4.78, 5) is 25.6. The van der Waals surface area contributed by atoms with Gasteiger partial charge in [0.15, 0.2) is 0 Å². The molecular weight excluding hydrogens is 250 g/mol. The van der Waals surface area contributed by atoms with Crippen LogP contribution in [0.2, 0.25) is 0 Å². The second-order valence-electron chi connectivity index (χ2n) is 5.27. The summed E-state index contributed by atoms with van der Waals surface area (Å²) in [5.74, 6) is 0.617. The molecule has 18 heavy (non-hydrogen) atoms. The molecule has 1 saturated carbocycles. The maximum Gasteiger partial charge on any atom is 0.327 e. The van der Waals surface area contributed by atoms with Crippen molar-refractivity contribution in [1.29, 1.82) is 0 Å². The highest BCUT2D eigenvalue weighted by Gasteiger charge is 2.45. The zero-order valence-corrected chi connectivity index (χ0v) is 11.7. The van der Waals surface area contributed by atoms with E-state index in [-0.39, 0.29) is 11.3 Å². The molecule has 2 fully saturated rings. The second-order valence-corrected chi connectivity index (χ2v) is 6.42. The van der Waals surface area contributed by atoms with Crippen molar-refractivity contribution in [2.45, 2.75) is 45.1 Å². The zero-order valence-electron chi connectivity index (χ0n) is 10.9. The van der Waals surface area contributed by atoms with Gasteiger partial charge in [-0.2, -0.15) is 11.8 Å². The first-order valence-electron chi connectivity index (χ1n) is 6.72. The van der Waals surface area contributed by atoms with Gasteiger partial charge >= 0.3 is 5.97 Å². The molecule has 0 aromatic carbocycles. The summed E-state index contributed by atoms with van der Waals surface area (Å²) in [5.41, 5.74) is -0.268. The topological polar surface area (TPSA) is 57.6 Å². The highest BCUT2D eigenvalue weighted by atomic mass is 32.2. The van der Waals surface area contributed by atoms with Gasteiger partial charge in [-0.25, -0.2) is 4.79 Å². The molecular formula is C13H21NO3S. The Bertz CT molecular complexity index is 339. The third kappa shape index (κ3) is 2.37. The van der Waals surface area contributed by atoms with Gasteiger partial charge < -0.3 is 10.0 Å². The SMILES string of the molecule is CCC1(C(=O)N2CCSCC2C(=O)O)CCCC1. The van der Waals surface area contributed by atoms with Gasteiger partial charge in [-0.1, -0.05) is 19.8 Å². The predicted octanol–water partition coefficient (Wildman–Crippen LogP) is 1.99. The molecule has 1 amide bonds. The van der Waals surface area contributed by atoms with Crippen molar-refractivity contribution < 1.29 is 14.7 Å². The molecule has 0 aromatic heterocycles. The Hall–Kier alpha value is -0.710. The summed E-state index contributed by atoms with van der Waals surface area (Å²) in [7, 11) is 0. The van der Waals surface area contributed by atoms with E-state index in [1.165, 1.54) is 0 Å². The molecule has 1 heterocycles. The third-order valence-corrected chi connectivity index (χ3v) is 5.39. The van der Waals surface area contributed by atoms with Gasteiger partial charge in [-0.15, -0.1) is 0 Å². The van der Waals surface area contributed by atoms with Crippen molar-refractivity contribution in [2.24, 2.45) is 5.41 Å². The fraction of sp³-hybridized carbons (Fsp3) is 0.846. The Kier molecular flexibility index (Phi) is 4.20. The standard InChI is InChI=1S/C13H21NO3S/c1-2-13(5-3-4-6-13)12(17)14-7-8-18-9-10(14)11(15)16/h10H,2-9H2,1H3,(H,15,16). The van der Waals surface area contributed by atoms with Crippen LogP contribution < -0.4 is 0 Å². The van der Waals surface area contributed by atoms with Crippen LogP contribution in [0.4, 0.5) is 0 Å². The molecule has 0 bridgehead atoms. The molecule has 1 unspecified atom stereocenters. The van der Waals surface area contributed by atoms with Gasteiger partial charge in [0.2, 0.25) is 5.91 Å². The smallest absolute Gasteiger partial charge is 0.327 e. The number of hydrogen-bond donors (Lipinski definition) is 1. The van der Waals surface area contributed by atoms with Gasteiger partial charge in [-0.05, 0) is 19.3 Å². The van der Waals surface area contributed by atoms with Crippen molar-refractivity contribution in [3.05, 3.63) is 0 Å². The number of hydrogen-bond acceptors (Lipinski definition) is 3. The van der Waals surface area contributed by atoms with Gasteiger partial charge in [0.1, 0.15) is 6.04 Å². The van der Waals surface area contributed by atoms with E-state index in [0.717, 1.165) is 37.9 Å². The Morgan fingerprint density at radius 3 is 2.61 bits per heavy atom. The lowest BCUT2D eigenvalue weighted by atomic mass is 9.81. The first kappa shape index (κ1) is 13.7. The van der Waals surface area contributed by atoms with Crippen LogP contribution in [0, 0.1) is 5.41 Å². The quantitative estimate of drug-likeness (QED) is 0.853. The minimum Gasteiger partial charge on any atom is -0.480 e. The van der Waals surface area contributed by atoms with E-state index < -0.39 is 12.0 Å². The summed E-state index contributed by atoms with van der Waals surface area (Å²) in [6, 6.07) is -0.625. The number of thioether (sulfide) groups is 1. The first-order chi connectivity index (χ1) is 8.60. The van der Waals surface area contributed by atoms with E-state index in [0.29, 0.717) is 12.3 Å². The maximum absolute atomic E-state index is 12.7. The molecule has 1 aliphatic carbocycles. The number of aliphatic carboxylic acids is 1. The van der Waals surface area contributed by atoms with Crippen LogP contribution in [0.3, 0.4) is 0 Å². The van der Waals surface area contributed by atoms with Crippen LogP contribution in [-0.2, 0) is 9.59 Å². The fourth-order valence-corrected chi connectivity index (χ4v) is 4.16. The van der Waals surface area contributed by atoms with Crippen LogP contribution >= 0.6 is 11.8 Å². The van der Waals surface area contributed by atoms with Crippen molar-refractivity contribution >= 4 is 23.6 Å². The molecule has 2 aliphatic rings. The number of rotatable bonds is 3. The zero-order chi connectivity index (χ0) is 13.2. The average molecular weight is 271 g/mol. The number of carbonyl (C=O) groups excluding carboxylic acids is 1. The highest BCUT2D eigenvalue weighted by Crippen LogP contribution is 2.43. The normalized spacial score (nSPS) is 27.2. The van der Waals surface area contributed by atoms with Crippen LogP contribution in [0.15, 0.2) is 0 Å². The summed E-state index contributed by atoms with van der Waals surface area (Å²) >= 11 is 1.63. The molecule has 1 N–H and O–H groups in total. The first-order valence-corrected chi connectivity index (χ1v) is 7.88. The molecule has 5 heteroatoms. The van der Waals surface area contributed by atoms with Crippen molar-refractivity contribution in [3.63, 3.8) is 0 Å². The molecule has 1 atom stereocenters. The highest BCUT2D eigenvalue weighted by molar-refractivity contribution is 7.99. The van der Waals surface area contributed by atoms with E-state index in [9.17, 15) is 14.7 Å². The Balaban J connectivity index is 2.17. The summed E-state index contributed by atoms with van der Waals surface area (Å²) < 4.78 is 0. The molecule has 102 valence electrons. The molecule has 1 aliphatic heterocycles. The lowest BCUT2D eigenvalue weighted by Gasteiger charge is -2.39. The summed E-state index contributed by atoms with van der Waals surface area (Å²) in [5, 5.41) is 9.25. The Morgan fingerprint density at radius 2 is 2.06 bits per heavy atom. The van der Waals surface area contributed by atoms with E-state index in [1.54, 1.807) is 16.7 Å². The maximum atomic E-state index is 12.7. The van der Waals surface area contributed by atoms with Crippen molar-refractivity contribution in [3.8, 4) is 0 Å². The van der Waals surface area contributed by atoms with Gasteiger partial charge in [0, 0.05) is 23.5 Å². The van der Waals surface area contributed by atoms with Crippen molar-refractivity contribution in [2.75, 3.05) is 18.1 Å². The lowest BCUT2D eigenvalue weighted by molar-refractivity contribution is -0.154. The average Bonchev–Trinajstić information content (AvgIpc) is 2.87. The van der Waals surface area contributed by atoms with Gasteiger partial charge in [0.25, 0.3) is 0 Å². The summed E-state index contributed by atoms with van der Waals surface area (Å²) in [6.45, 7) is 2.64.